The predicted octanol–water partition coefficient (Wildman–Crippen LogP) is 4.41. The highest BCUT2D eigenvalue weighted by atomic mass is 79.9. The van der Waals surface area contributed by atoms with E-state index >= 15 is 0 Å². The molecule has 0 saturated carbocycles. The van der Waals surface area contributed by atoms with Crippen LogP contribution in [0.15, 0.2) is 75.0 Å². The van der Waals surface area contributed by atoms with Gasteiger partial charge in [-0.3, -0.25) is 19.7 Å². The molecule has 36 heavy (non-hydrogen) atoms. The molecule has 0 spiro atoms. The summed E-state index contributed by atoms with van der Waals surface area (Å²) in [4.78, 5) is 40.6. The van der Waals surface area contributed by atoms with Crippen molar-refractivity contribution in [2.75, 3.05) is 11.9 Å². The van der Waals surface area contributed by atoms with Gasteiger partial charge in [-0.2, -0.15) is 9.78 Å². The molecule has 0 radical (unpaired) electrons. The Hall–Kier alpha value is -4.45. The first kappa shape index (κ1) is 24.7. The standard InChI is InChI=1S/C24H17BrFN5O5/c1-14-28-20-10-5-16(25)11-19(20)24(33)30(14)27-12-15-3-2-4-21(31(34)35)23(15)36-13-22(32)29-18-8-6-17(26)7-9-18/h2-12H,13H2,1H3,(H,29,32). The number of aryl methyl sites for hydroxylation is 1. The normalized spacial score (nSPS) is 11.1. The number of nitro benzene ring substituents is 1. The van der Waals surface area contributed by atoms with E-state index in [0.29, 0.717) is 26.9 Å². The number of halogens is 2. The van der Waals surface area contributed by atoms with Crippen molar-refractivity contribution in [1.29, 1.82) is 0 Å². The van der Waals surface area contributed by atoms with Crippen LogP contribution in [0.3, 0.4) is 0 Å². The van der Waals surface area contributed by atoms with E-state index in [9.17, 15) is 24.1 Å². The molecular formula is C24H17BrFN5O5. The molecule has 0 saturated heterocycles. The van der Waals surface area contributed by atoms with Gasteiger partial charge in [0, 0.05) is 21.8 Å². The zero-order valence-corrected chi connectivity index (χ0v) is 20.2. The highest BCUT2D eigenvalue weighted by Gasteiger charge is 2.20. The first-order chi connectivity index (χ1) is 17.2. The van der Waals surface area contributed by atoms with Crippen LogP contribution in [0.4, 0.5) is 15.8 Å². The Balaban J connectivity index is 1.63. The monoisotopic (exact) mass is 553 g/mol. The van der Waals surface area contributed by atoms with Crippen LogP contribution in [-0.2, 0) is 4.79 Å². The Morgan fingerprint density at radius 2 is 2.00 bits per heavy atom. The van der Waals surface area contributed by atoms with Gasteiger partial charge in [-0.1, -0.05) is 22.0 Å². The molecule has 182 valence electrons. The summed E-state index contributed by atoms with van der Waals surface area (Å²) in [6.07, 6.45) is 1.22. The number of carbonyl (C=O) groups excluding carboxylic acids is 1. The number of aromatic nitrogens is 2. The number of hydrogen-bond donors (Lipinski definition) is 1. The number of fused-ring (bicyclic) bond motifs is 1. The lowest BCUT2D eigenvalue weighted by atomic mass is 10.2. The Morgan fingerprint density at radius 3 is 2.72 bits per heavy atom. The number of benzene rings is 3. The van der Waals surface area contributed by atoms with Crippen molar-refractivity contribution in [3.05, 3.63) is 103 Å². The van der Waals surface area contributed by atoms with Crippen LogP contribution < -0.4 is 15.6 Å². The number of hydrogen-bond acceptors (Lipinski definition) is 7. The van der Waals surface area contributed by atoms with Crippen LogP contribution in [0.25, 0.3) is 10.9 Å². The van der Waals surface area contributed by atoms with Crippen molar-refractivity contribution in [1.82, 2.24) is 9.66 Å². The van der Waals surface area contributed by atoms with E-state index in [1.165, 1.54) is 48.7 Å². The van der Waals surface area contributed by atoms with Gasteiger partial charge in [-0.05, 0) is 55.5 Å². The lowest BCUT2D eigenvalue weighted by Gasteiger charge is -2.10. The average molecular weight is 554 g/mol. The third-order valence-corrected chi connectivity index (χ3v) is 5.47. The number of nitro groups is 1. The Kier molecular flexibility index (Phi) is 7.15. The lowest BCUT2D eigenvalue weighted by Crippen LogP contribution is -2.21. The maximum absolute atomic E-state index is 13.1. The Morgan fingerprint density at radius 1 is 1.25 bits per heavy atom. The lowest BCUT2D eigenvalue weighted by molar-refractivity contribution is -0.385. The molecule has 0 atom stereocenters. The number of carbonyl (C=O) groups is 1. The summed E-state index contributed by atoms with van der Waals surface area (Å²) in [5.74, 6) is -0.976. The van der Waals surface area contributed by atoms with Gasteiger partial charge >= 0.3 is 5.69 Å². The first-order valence-corrected chi connectivity index (χ1v) is 11.2. The maximum atomic E-state index is 13.1. The summed E-state index contributed by atoms with van der Waals surface area (Å²) < 4.78 is 20.3. The van der Waals surface area contributed by atoms with Crippen LogP contribution >= 0.6 is 15.9 Å². The average Bonchev–Trinajstić information content (AvgIpc) is 2.84. The van der Waals surface area contributed by atoms with Crippen LogP contribution in [0, 0.1) is 22.9 Å². The van der Waals surface area contributed by atoms with E-state index in [1.54, 1.807) is 25.1 Å². The van der Waals surface area contributed by atoms with Crippen LogP contribution in [0.5, 0.6) is 5.75 Å². The molecule has 0 unspecified atom stereocenters. The summed E-state index contributed by atoms with van der Waals surface area (Å²) in [5.41, 5.74) is 0.178. The largest absolute Gasteiger partial charge is 0.476 e. The molecule has 0 aliphatic carbocycles. The van der Waals surface area contributed by atoms with Crippen molar-refractivity contribution in [3.8, 4) is 5.75 Å². The molecule has 4 aromatic rings. The summed E-state index contributed by atoms with van der Waals surface area (Å²) in [6.45, 7) is 1.04. The SMILES string of the molecule is Cc1nc2ccc(Br)cc2c(=O)n1N=Cc1cccc([N+](=O)[O-])c1OCC(=O)Nc1ccc(F)cc1. The third kappa shape index (κ3) is 5.44. The minimum atomic E-state index is -0.656. The number of nitrogens with zero attached hydrogens (tertiary/aromatic N) is 4. The van der Waals surface area contributed by atoms with Crippen LogP contribution in [0.1, 0.15) is 11.4 Å². The van der Waals surface area contributed by atoms with Gasteiger partial charge in [-0.25, -0.2) is 9.37 Å². The van der Waals surface area contributed by atoms with Gasteiger partial charge in [0.1, 0.15) is 11.6 Å². The van der Waals surface area contributed by atoms with Crippen LogP contribution in [-0.4, -0.2) is 33.3 Å². The van der Waals surface area contributed by atoms with Gasteiger partial charge in [0.05, 0.1) is 22.0 Å². The van der Waals surface area contributed by atoms with E-state index in [4.69, 9.17) is 4.74 Å². The molecule has 4 rings (SSSR count). The number of ether oxygens (including phenoxy) is 1. The van der Waals surface area contributed by atoms with Crippen molar-refractivity contribution in [3.63, 3.8) is 0 Å². The fourth-order valence-electron chi connectivity index (χ4n) is 3.33. The number of anilines is 1. The summed E-state index contributed by atoms with van der Waals surface area (Å²) in [7, 11) is 0. The number of rotatable bonds is 7. The van der Waals surface area contributed by atoms with Gasteiger partial charge < -0.3 is 10.1 Å². The summed E-state index contributed by atoms with van der Waals surface area (Å²) in [6, 6.07) is 14.3. The predicted molar refractivity (Wildman–Crippen MR) is 135 cm³/mol. The van der Waals surface area contributed by atoms with E-state index in [2.05, 4.69) is 31.3 Å². The topological polar surface area (TPSA) is 129 Å². The molecule has 0 aliphatic heterocycles. The number of para-hydroxylation sites is 1. The fourth-order valence-corrected chi connectivity index (χ4v) is 3.69. The summed E-state index contributed by atoms with van der Waals surface area (Å²) in [5, 5.41) is 18.6. The molecule has 1 N–H and O–H groups in total. The van der Waals surface area contributed by atoms with Crippen molar-refractivity contribution in [2.45, 2.75) is 6.92 Å². The third-order valence-electron chi connectivity index (χ3n) is 4.98. The molecule has 10 nitrogen and oxygen atoms in total. The fraction of sp³-hybridized carbons (Fsp3) is 0.0833. The second-order valence-corrected chi connectivity index (χ2v) is 8.39. The quantitative estimate of drug-likeness (QED) is 0.205. The van der Waals surface area contributed by atoms with Gasteiger partial charge in [0.25, 0.3) is 11.5 Å². The van der Waals surface area contributed by atoms with E-state index in [1.807, 2.05) is 0 Å². The van der Waals surface area contributed by atoms with E-state index in [0.717, 1.165) is 4.68 Å². The van der Waals surface area contributed by atoms with Gasteiger partial charge in [-0.15, -0.1) is 0 Å². The molecule has 3 aromatic carbocycles. The van der Waals surface area contributed by atoms with Gasteiger partial charge in [0.15, 0.2) is 6.61 Å². The van der Waals surface area contributed by atoms with Crippen LogP contribution in [0.2, 0.25) is 0 Å². The molecular weight excluding hydrogens is 537 g/mol. The minimum absolute atomic E-state index is 0.166. The Bertz CT molecular complexity index is 1570. The zero-order chi connectivity index (χ0) is 25.8. The Labute approximate surface area is 211 Å². The summed E-state index contributed by atoms with van der Waals surface area (Å²) >= 11 is 3.33. The number of nitrogens with one attached hydrogen (secondary N) is 1. The van der Waals surface area contributed by atoms with Crippen molar-refractivity contribution in [2.24, 2.45) is 5.10 Å². The molecule has 1 amide bonds. The highest BCUT2D eigenvalue weighted by molar-refractivity contribution is 9.10. The smallest absolute Gasteiger partial charge is 0.311 e. The second kappa shape index (κ2) is 10.4. The molecule has 0 fully saturated rings. The minimum Gasteiger partial charge on any atom is -0.476 e. The zero-order valence-electron chi connectivity index (χ0n) is 18.6. The molecule has 1 heterocycles. The second-order valence-electron chi connectivity index (χ2n) is 7.48. The number of amides is 1. The molecule has 0 bridgehead atoms. The maximum Gasteiger partial charge on any atom is 0.311 e. The molecule has 12 heteroatoms. The molecule has 0 aliphatic rings. The van der Waals surface area contributed by atoms with Crippen molar-refractivity contribution < 1.29 is 18.8 Å². The van der Waals surface area contributed by atoms with E-state index < -0.39 is 34.5 Å². The van der Waals surface area contributed by atoms with Gasteiger partial charge in [0.2, 0.25) is 5.75 Å². The molecule has 1 aromatic heterocycles. The van der Waals surface area contributed by atoms with Crippen molar-refractivity contribution >= 4 is 50.3 Å². The highest BCUT2D eigenvalue weighted by Crippen LogP contribution is 2.30. The first-order valence-electron chi connectivity index (χ1n) is 10.4. The van der Waals surface area contributed by atoms with E-state index in [-0.39, 0.29) is 11.3 Å².